The molecule has 0 spiro atoms. The van der Waals surface area contributed by atoms with Gasteiger partial charge in [-0.25, -0.2) is 9.87 Å². The Labute approximate surface area is 74.7 Å². The molecule has 12 heavy (non-hydrogen) atoms. The molecular weight excluding hydrogens is 177 g/mol. The van der Waals surface area contributed by atoms with Crippen LogP contribution in [0.3, 0.4) is 0 Å². The minimum Gasteiger partial charge on any atom is -0.316 e. The zero-order valence-electron chi connectivity index (χ0n) is 6.67. The Kier molecular flexibility index (Phi) is 3.52. The van der Waals surface area contributed by atoms with Crippen LogP contribution in [0.25, 0.3) is 0 Å². The van der Waals surface area contributed by atoms with Gasteiger partial charge in [-0.1, -0.05) is 6.07 Å². The average molecular weight is 187 g/mol. The number of rotatable bonds is 3. The summed E-state index contributed by atoms with van der Waals surface area (Å²) < 4.78 is 13.0. The topological polar surface area (TPSA) is 32.3 Å². The summed E-state index contributed by atoms with van der Waals surface area (Å²) in [6, 6.07) is 4.89. The molecular formula is C8H10FNOS. The fourth-order valence-corrected chi connectivity index (χ4v) is 1.37. The third kappa shape index (κ3) is 2.20. The molecule has 1 aromatic rings. The van der Waals surface area contributed by atoms with Crippen molar-refractivity contribution < 1.29 is 9.60 Å². The second-order valence-corrected chi connectivity index (χ2v) is 3.15. The van der Waals surface area contributed by atoms with Gasteiger partial charge in [-0.15, -0.1) is 11.8 Å². The van der Waals surface area contributed by atoms with E-state index in [1.807, 2.05) is 11.7 Å². The summed E-state index contributed by atoms with van der Waals surface area (Å²) in [6.45, 7) is 0.269. The minimum atomic E-state index is -0.241. The zero-order valence-corrected chi connectivity index (χ0v) is 7.49. The van der Waals surface area contributed by atoms with E-state index in [0.29, 0.717) is 4.90 Å². The van der Waals surface area contributed by atoms with Crippen molar-refractivity contribution in [3.63, 3.8) is 0 Å². The number of benzene rings is 1. The molecule has 2 N–H and O–H groups in total. The first-order valence-electron chi connectivity index (χ1n) is 3.47. The summed E-state index contributed by atoms with van der Waals surface area (Å²) in [4.78, 5) is 0.622. The van der Waals surface area contributed by atoms with E-state index in [1.165, 1.54) is 17.8 Å². The Morgan fingerprint density at radius 2 is 2.33 bits per heavy atom. The second-order valence-electron chi connectivity index (χ2n) is 2.30. The van der Waals surface area contributed by atoms with Crippen LogP contribution in [0.15, 0.2) is 23.1 Å². The van der Waals surface area contributed by atoms with Gasteiger partial charge in [-0.2, -0.15) is 0 Å². The molecule has 0 radical (unpaired) electrons. The third-order valence-electron chi connectivity index (χ3n) is 1.50. The average Bonchev–Trinajstić information content (AvgIpc) is 2.05. The molecule has 1 aromatic carbocycles. The van der Waals surface area contributed by atoms with Crippen molar-refractivity contribution in [3.05, 3.63) is 29.6 Å². The van der Waals surface area contributed by atoms with E-state index < -0.39 is 0 Å². The SMILES string of the molecule is CSc1ccc(CNO)cc1F. The molecule has 0 aliphatic heterocycles. The van der Waals surface area contributed by atoms with E-state index in [4.69, 9.17) is 5.21 Å². The van der Waals surface area contributed by atoms with Crippen molar-refractivity contribution in [1.29, 1.82) is 0 Å². The van der Waals surface area contributed by atoms with E-state index in [2.05, 4.69) is 0 Å². The van der Waals surface area contributed by atoms with Crippen LogP contribution in [-0.2, 0) is 6.54 Å². The molecule has 0 fully saturated rings. The highest BCUT2D eigenvalue weighted by Crippen LogP contribution is 2.19. The third-order valence-corrected chi connectivity index (χ3v) is 2.27. The van der Waals surface area contributed by atoms with Gasteiger partial charge in [0.05, 0.1) is 0 Å². The molecule has 0 aliphatic carbocycles. The normalized spacial score (nSPS) is 10.2. The van der Waals surface area contributed by atoms with Gasteiger partial charge < -0.3 is 5.21 Å². The first-order valence-corrected chi connectivity index (χ1v) is 4.69. The number of hydrogen-bond donors (Lipinski definition) is 2. The monoisotopic (exact) mass is 187 g/mol. The van der Waals surface area contributed by atoms with Crippen molar-refractivity contribution in [3.8, 4) is 0 Å². The Balaban J connectivity index is 2.86. The van der Waals surface area contributed by atoms with Crippen molar-refractivity contribution in [1.82, 2.24) is 5.48 Å². The molecule has 0 aromatic heterocycles. The minimum absolute atomic E-state index is 0.241. The first-order chi connectivity index (χ1) is 5.77. The van der Waals surface area contributed by atoms with Crippen LogP contribution >= 0.6 is 11.8 Å². The quantitative estimate of drug-likeness (QED) is 0.561. The van der Waals surface area contributed by atoms with Gasteiger partial charge in [0, 0.05) is 11.4 Å². The molecule has 0 heterocycles. The lowest BCUT2D eigenvalue weighted by Crippen LogP contribution is -2.06. The Morgan fingerprint density at radius 3 is 2.83 bits per heavy atom. The second kappa shape index (κ2) is 4.45. The molecule has 0 amide bonds. The summed E-state index contributed by atoms with van der Waals surface area (Å²) >= 11 is 1.36. The van der Waals surface area contributed by atoms with Crippen LogP contribution < -0.4 is 5.48 Å². The summed E-state index contributed by atoms with van der Waals surface area (Å²) in [5.74, 6) is -0.241. The van der Waals surface area contributed by atoms with Crippen LogP contribution in [0, 0.1) is 5.82 Å². The Bertz CT molecular complexity index is 267. The van der Waals surface area contributed by atoms with Gasteiger partial charge in [0.2, 0.25) is 0 Å². The van der Waals surface area contributed by atoms with E-state index in [-0.39, 0.29) is 12.4 Å². The maximum atomic E-state index is 13.0. The molecule has 0 saturated carbocycles. The van der Waals surface area contributed by atoms with E-state index >= 15 is 0 Å². The number of hydrogen-bond acceptors (Lipinski definition) is 3. The van der Waals surface area contributed by atoms with E-state index in [1.54, 1.807) is 12.1 Å². The lowest BCUT2D eigenvalue weighted by Gasteiger charge is -2.02. The number of hydroxylamine groups is 1. The molecule has 1 rings (SSSR count). The fraction of sp³-hybridized carbons (Fsp3) is 0.250. The van der Waals surface area contributed by atoms with Crippen molar-refractivity contribution in [2.24, 2.45) is 0 Å². The molecule has 0 atom stereocenters. The maximum Gasteiger partial charge on any atom is 0.137 e. The molecule has 0 saturated heterocycles. The van der Waals surface area contributed by atoms with Crippen molar-refractivity contribution in [2.45, 2.75) is 11.4 Å². The highest BCUT2D eigenvalue weighted by atomic mass is 32.2. The largest absolute Gasteiger partial charge is 0.316 e. The molecule has 2 nitrogen and oxygen atoms in total. The summed E-state index contributed by atoms with van der Waals surface area (Å²) in [5.41, 5.74) is 2.70. The molecule has 4 heteroatoms. The van der Waals surface area contributed by atoms with Crippen LogP contribution in [0.2, 0.25) is 0 Å². The molecule has 0 bridgehead atoms. The number of nitrogens with one attached hydrogen (secondary N) is 1. The molecule has 0 unspecified atom stereocenters. The highest BCUT2D eigenvalue weighted by Gasteiger charge is 2.01. The van der Waals surface area contributed by atoms with Crippen molar-refractivity contribution >= 4 is 11.8 Å². The van der Waals surface area contributed by atoms with Gasteiger partial charge in [0.25, 0.3) is 0 Å². The van der Waals surface area contributed by atoms with Crippen LogP contribution in [0.4, 0.5) is 4.39 Å². The lowest BCUT2D eigenvalue weighted by atomic mass is 10.2. The molecule has 66 valence electrons. The van der Waals surface area contributed by atoms with Gasteiger partial charge in [0.1, 0.15) is 5.82 Å². The predicted octanol–water partition coefficient (Wildman–Crippen LogP) is 2.03. The van der Waals surface area contributed by atoms with Gasteiger partial charge in [0.15, 0.2) is 0 Å². The zero-order chi connectivity index (χ0) is 8.97. The smallest absolute Gasteiger partial charge is 0.137 e. The first kappa shape index (κ1) is 9.51. The van der Waals surface area contributed by atoms with Crippen LogP contribution in [0.1, 0.15) is 5.56 Å². The summed E-state index contributed by atoms with van der Waals surface area (Å²) in [5, 5.41) is 8.36. The highest BCUT2D eigenvalue weighted by molar-refractivity contribution is 7.98. The van der Waals surface area contributed by atoms with E-state index in [9.17, 15) is 4.39 Å². The standard InChI is InChI=1S/C8H10FNOS/c1-12-8-3-2-6(5-10-11)4-7(8)9/h2-4,10-11H,5H2,1H3. The van der Waals surface area contributed by atoms with Crippen molar-refractivity contribution in [2.75, 3.05) is 6.26 Å². The van der Waals surface area contributed by atoms with Crippen LogP contribution in [-0.4, -0.2) is 11.5 Å². The summed E-state index contributed by atoms with van der Waals surface area (Å²) in [7, 11) is 0. The fourth-order valence-electron chi connectivity index (χ4n) is 0.911. The van der Waals surface area contributed by atoms with Gasteiger partial charge >= 0.3 is 0 Å². The number of halogens is 1. The Morgan fingerprint density at radius 1 is 1.58 bits per heavy atom. The number of thioether (sulfide) groups is 1. The summed E-state index contributed by atoms with van der Waals surface area (Å²) in [6.07, 6.45) is 1.82. The lowest BCUT2D eigenvalue weighted by molar-refractivity contribution is 0.161. The maximum absolute atomic E-state index is 13.0. The van der Waals surface area contributed by atoms with E-state index in [0.717, 1.165) is 5.56 Å². The van der Waals surface area contributed by atoms with Gasteiger partial charge in [-0.3, -0.25) is 0 Å². The Hall–Kier alpha value is -0.580. The van der Waals surface area contributed by atoms with Crippen LogP contribution in [0.5, 0.6) is 0 Å². The predicted molar refractivity (Wildman–Crippen MR) is 46.8 cm³/mol. The van der Waals surface area contributed by atoms with Gasteiger partial charge in [-0.05, 0) is 24.0 Å². The molecule has 0 aliphatic rings.